The summed E-state index contributed by atoms with van der Waals surface area (Å²) in [6, 6.07) is 2.21. The number of nitrogens with two attached hydrogens (primary N) is 1. The van der Waals surface area contributed by atoms with E-state index in [-0.39, 0.29) is 18.1 Å². The minimum atomic E-state index is -0.0583. The summed E-state index contributed by atoms with van der Waals surface area (Å²) in [6.45, 7) is 1.50. The van der Waals surface area contributed by atoms with Crippen molar-refractivity contribution in [2.24, 2.45) is 0 Å². The van der Waals surface area contributed by atoms with Crippen LogP contribution in [0, 0.1) is 0 Å². The van der Waals surface area contributed by atoms with Gasteiger partial charge in [-0.2, -0.15) is 0 Å². The molecule has 0 radical (unpaired) electrons. The Morgan fingerprint density at radius 2 is 1.95 bits per heavy atom. The smallest absolute Gasteiger partial charge is 0.263 e. The molecule has 0 spiro atoms. The van der Waals surface area contributed by atoms with Crippen LogP contribution >= 0.6 is 11.3 Å². The average molecular weight is 311 g/mol. The number of hydrogen-bond acceptors (Lipinski definition) is 6. The van der Waals surface area contributed by atoms with Crippen molar-refractivity contribution in [3.63, 3.8) is 0 Å². The number of nitrogens with one attached hydrogen (secondary N) is 1. The Hall–Kier alpha value is -1.31. The third-order valence-corrected chi connectivity index (χ3v) is 5.21. The quantitative estimate of drug-likeness (QED) is 0.851. The van der Waals surface area contributed by atoms with Gasteiger partial charge in [-0.3, -0.25) is 4.79 Å². The summed E-state index contributed by atoms with van der Waals surface area (Å²) in [4.78, 5) is 14.9. The normalized spacial score (nSPS) is 25.3. The summed E-state index contributed by atoms with van der Waals surface area (Å²) >= 11 is 1.44. The summed E-state index contributed by atoms with van der Waals surface area (Å²) in [5.74, 6) is -0.0583. The van der Waals surface area contributed by atoms with Crippen molar-refractivity contribution in [3.05, 3.63) is 10.9 Å². The van der Waals surface area contributed by atoms with Crippen molar-refractivity contribution in [1.29, 1.82) is 0 Å². The van der Waals surface area contributed by atoms with Crippen molar-refractivity contribution >= 4 is 27.9 Å². The molecule has 1 amide bonds. The van der Waals surface area contributed by atoms with Gasteiger partial charge in [0.25, 0.3) is 5.91 Å². The lowest BCUT2D eigenvalue weighted by molar-refractivity contribution is -0.00461. The monoisotopic (exact) mass is 311 g/mol. The number of rotatable bonds is 5. The lowest BCUT2D eigenvalue weighted by Gasteiger charge is -2.14. The first-order valence-electron chi connectivity index (χ1n) is 7.13. The molecule has 6 nitrogen and oxygen atoms in total. The number of anilines is 2. The molecule has 2 heterocycles. The van der Waals surface area contributed by atoms with Gasteiger partial charge in [-0.15, -0.1) is 11.3 Å². The Morgan fingerprint density at radius 3 is 2.48 bits per heavy atom. The van der Waals surface area contributed by atoms with Gasteiger partial charge in [0, 0.05) is 33.4 Å². The summed E-state index contributed by atoms with van der Waals surface area (Å²) in [5.41, 5.74) is 6.55. The lowest BCUT2D eigenvalue weighted by Crippen LogP contribution is -2.27. The maximum absolute atomic E-state index is 12.1. The standard InChI is InChI=1S/C14H21N3O3S/c1-19-10-6-17(7-11(10)20-2)12-5-9(15)13(21-12)14(18)16-8-3-4-8/h5,8,10-11H,3-4,6-7,15H2,1-2H3,(H,16,18). The second-order valence-corrected chi connectivity index (χ2v) is 6.60. The maximum atomic E-state index is 12.1. The predicted octanol–water partition coefficient (Wildman–Crippen LogP) is 1.07. The third kappa shape index (κ3) is 3.00. The van der Waals surface area contributed by atoms with Crippen LogP contribution in [0.2, 0.25) is 0 Å². The largest absolute Gasteiger partial charge is 0.397 e. The van der Waals surface area contributed by atoms with E-state index < -0.39 is 0 Å². The molecule has 21 heavy (non-hydrogen) atoms. The number of thiophene rings is 1. The Balaban J connectivity index is 1.73. The minimum absolute atomic E-state index is 0.0436. The zero-order valence-electron chi connectivity index (χ0n) is 12.3. The van der Waals surface area contributed by atoms with Gasteiger partial charge in [0.05, 0.1) is 10.7 Å². The van der Waals surface area contributed by atoms with E-state index in [2.05, 4.69) is 10.2 Å². The maximum Gasteiger partial charge on any atom is 0.263 e. The molecule has 0 aromatic carbocycles. The van der Waals surface area contributed by atoms with Gasteiger partial charge < -0.3 is 25.4 Å². The van der Waals surface area contributed by atoms with E-state index in [1.807, 2.05) is 6.07 Å². The Bertz CT molecular complexity index is 518. The fourth-order valence-corrected chi connectivity index (χ4v) is 3.58. The summed E-state index contributed by atoms with van der Waals surface area (Å²) in [5, 5.41) is 3.97. The third-order valence-electron chi connectivity index (χ3n) is 4.00. The van der Waals surface area contributed by atoms with Gasteiger partial charge in [-0.05, 0) is 18.9 Å². The molecule has 1 saturated carbocycles. The van der Waals surface area contributed by atoms with Gasteiger partial charge in [0.2, 0.25) is 0 Å². The van der Waals surface area contributed by atoms with E-state index in [1.54, 1.807) is 14.2 Å². The highest BCUT2D eigenvalue weighted by molar-refractivity contribution is 7.18. The number of carbonyl (C=O) groups is 1. The van der Waals surface area contributed by atoms with Crippen LogP contribution in [0.15, 0.2) is 6.07 Å². The summed E-state index contributed by atoms with van der Waals surface area (Å²) in [7, 11) is 3.38. The van der Waals surface area contributed by atoms with Crippen LogP contribution < -0.4 is 16.0 Å². The summed E-state index contributed by atoms with van der Waals surface area (Å²) in [6.07, 6.45) is 2.23. The van der Waals surface area contributed by atoms with Crippen LogP contribution in [-0.2, 0) is 9.47 Å². The molecule has 1 aromatic rings. The van der Waals surface area contributed by atoms with Crippen molar-refractivity contribution in [1.82, 2.24) is 5.32 Å². The van der Waals surface area contributed by atoms with Gasteiger partial charge >= 0.3 is 0 Å². The number of nitrogens with zero attached hydrogens (tertiary/aromatic N) is 1. The minimum Gasteiger partial charge on any atom is -0.397 e. The molecule has 1 aromatic heterocycles. The molecule has 116 valence electrons. The Labute approximate surface area is 128 Å². The zero-order valence-corrected chi connectivity index (χ0v) is 13.1. The lowest BCUT2D eigenvalue weighted by atomic mass is 10.3. The fourth-order valence-electron chi connectivity index (χ4n) is 2.58. The number of nitrogen functional groups attached to an aromatic ring is 1. The molecule has 2 fully saturated rings. The van der Waals surface area contributed by atoms with Gasteiger partial charge in [-0.25, -0.2) is 0 Å². The molecule has 7 heteroatoms. The average Bonchev–Trinajstić information content (AvgIpc) is 3.04. The molecular formula is C14H21N3O3S. The second kappa shape index (κ2) is 5.82. The molecule has 3 rings (SSSR count). The van der Waals surface area contributed by atoms with Gasteiger partial charge in [-0.1, -0.05) is 0 Å². The van der Waals surface area contributed by atoms with E-state index in [4.69, 9.17) is 15.2 Å². The summed E-state index contributed by atoms with van der Waals surface area (Å²) < 4.78 is 10.9. The van der Waals surface area contributed by atoms with Crippen molar-refractivity contribution in [3.8, 4) is 0 Å². The number of carbonyl (C=O) groups excluding carboxylic acids is 1. The SMILES string of the molecule is COC1CN(c2cc(N)c(C(=O)NC3CC3)s2)CC1OC. The first-order valence-corrected chi connectivity index (χ1v) is 7.94. The van der Waals surface area contributed by atoms with E-state index in [9.17, 15) is 4.79 Å². The van der Waals surface area contributed by atoms with Crippen LogP contribution in [-0.4, -0.2) is 51.5 Å². The van der Waals surface area contributed by atoms with Crippen LogP contribution in [0.1, 0.15) is 22.5 Å². The predicted molar refractivity (Wildman–Crippen MR) is 83.0 cm³/mol. The Morgan fingerprint density at radius 1 is 1.33 bits per heavy atom. The van der Waals surface area contributed by atoms with Crippen molar-refractivity contribution in [2.45, 2.75) is 31.1 Å². The Kier molecular flexibility index (Phi) is 4.05. The number of hydrogen-bond donors (Lipinski definition) is 2. The molecule has 3 N–H and O–H groups in total. The second-order valence-electron chi connectivity index (χ2n) is 5.57. The molecule has 1 saturated heterocycles. The van der Waals surface area contributed by atoms with Crippen molar-refractivity contribution < 1.29 is 14.3 Å². The molecule has 0 bridgehead atoms. The zero-order chi connectivity index (χ0) is 15.0. The van der Waals surface area contributed by atoms with E-state index >= 15 is 0 Å². The van der Waals surface area contributed by atoms with Gasteiger partial charge in [0.1, 0.15) is 17.1 Å². The molecule has 2 aliphatic rings. The highest BCUT2D eigenvalue weighted by Crippen LogP contribution is 2.35. The van der Waals surface area contributed by atoms with Crippen LogP contribution in [0.4, 0.5) is 10.7 Å². The number of amides is 1. The molecule has 2 atom stereocenters. The fraction of sp³-hybridized carbons (Fsp3) is 0.643. The molecule has 1 aliphatic carbocycles. The highest BCUT2D eigenvalue weighted by Gasteiger charge is 2.34. The molecular weight excluding hydrogens is 290 g/mol. The number of methoxy groups -OCH3 is 2. The molecule has 1 aliphatic heterocycles. The van der Waals surface area contributed by atoms with E-state index in [0.29, 0.717) is 16.6 Å². The van der Waals surface area contributed by atoms with Crippen molar-refractivity contribution in [2.75, 3.05) is 37.9 Å². The number of ether oxygens (including phenoxy) is 2. The van der Waals surface area contributed by atoms with Crippen LogP contribution in [0.3, 0.4) is 0 Å². The molecule has 2 unspecified atom stereocenters. The first kappa shape index (κ1) is 14.6. The van der Waals surface area contributed by atoms with Gasteiger partial charge in [0.15, 0.2) is 0 Å². The van der Waals surface area contributed by atoms with E-state index in [0.717, 1.165) is 30.9 Å². The van der Waals surface area contributed by atoms with Crippen LogP contribution in [0.25, 0.3) is 0 Å². The van der Waals surface area contributed by atoms with E-state index in [1.165, 1.54) is 11.3 Å². The van der Waals surface area contributed by atoms with Crippen LogP contribution in [0.5, 0.6) is 0 Å². The highest BCUT2D eigenvalue weighted by atomic mass is 32.1. The topological polar surface area (TPSA) is 76.8 Å². The first-order chi connectivity index (χ1) is 10.1.